The number of halogens is 1. The van der Waals surface area contributed by atoms with Crippen molar-refractivity contribution in [2.75, 3.05) is 13.6 Å². The van der Waals surface area contributed by atoms with Crippen LogP contribution in [0.5, 0.6) is 5.75 Å². The minimum atomic E-state index is -3.32. The molecule has 7 nitrogen and oxygen atoms in total. The number of benzene rings is 2. The van der Waals surface area contributed by atoms with Crippen LogP contribution in [0.2, 0.25) is 0 Å². The van der Waals surface area contributed by atoms with Gasteiger partial charge in [0.05, 0.1) is 12.3 Å². The van der Waals surface area contributed by atoms with Gasteiger partial charge >= 0.3 is 0 Å². The summed E-state index contributed by atoms with van der Waals surface area (Å²) in [5.41, 5.74) is 2.89. The first-order valence-electron chi connectivity index (χ1n) is 10.4. The highest BCUT2D eigenvalue weighted by atomic mass is 127. The van der Waals surface area contributed by atoms with Gasteiger partial charge in [0.1, 0.15) is 11.9 Å². The number of nitrogens with one attached hydrogen (secondary N) is 3. The molecule has 0 heterocycles. The van der Waals surface area contributed by atoms with Crippen LogP contribution < -0.4 is 20.1 Å². The van der Waals surface area contributed by atoms with Crippen LogP contribution in [-0.4, -0.2) is 40.1 Å². The summed E-state index contributed by atoms with van der Waals surface area (Å²) in [6.07, 6.45) is -0.0275. The van der Waals surface area contributed by atoms with E-state index in [9.17, 15) is 8.42 Å². The number of ether oxygens (including phenoxy) is 1. The SMILES string of the molecule is CN=C(NCc1ccc(CS(=O)(=O)NC(C)C)cc1)NCC(C)Oc1ccccc1C.I. The lowest BCUT2D eigenvalue weighted by atomic mass is 10.1. The molecule has 1 atom stereocenters. The van der Waals surface area contributed by atoms with Crippen LogP contribution in [0.1, 0.15) is 37.5 Å². The zero-order chi connectivity index (χ0) is 22.9. The van der Waals surface area contributed by atoms with E-state index >= 15 is 0 Å². The molecule has 0 spiro atoms. The second-order valence-corrected chi connectivity index (χ2v) is 9.60. The van der Waals surface area contributed by atoms with Crippen LogP contribution in [0.15, 0.2) is 53.5 Å². The Balaban J connectivity index is 0.00000512. The van der Waals surface area contributed by atoms with Crippen molar-refractivity contribution in [1.29, 1.82) is 0 Å². The lowest BCUT2D eigenvalue weighted by molar-refractivity contribution is 0.222. The smallest absolute Gasteiger partial charge is 0.216 e. The second kappa shape index (κ2) is 13.6. The Labute approximate surface area is 209 Å². The molecule has 0 saturated carbocycles. The van der Waals surface area contributed by atoms with E-state index in [1.54, 1.807) is 7.05 Å². The summed E-state index contributed by atoms with van der Waals surface area (Å²) in [5.74, 6) is 1.53. The number of sulfonamides is 1. The van der Waals surface area contributed by atoms with E-state index in [-0.39, 0.29) is 41.9 Å². The van der Waals surface area contributed by atoms with E-state index in [4.69, 9.17) is 4.74 Å². The molecule has 2 aromatic rings. The summed E-state index contributed by atoms with van der Waals surface area (Å²) in [5, 5.41) is 6.53. The van der Waals surface area contributed by atoms with E-state index in [0.717, 1.165) is 22.4 Å². The Bertz CT molecular complexity index is 963. The molecule has 9 heteroatoms. The number of hydrogen-bond donors (Lipinski definition) is 3. The average molecular weight is 575 g/mol. The fourth-order valence-corrected chi connectivity index (χ4v) is 4.40. The van der Waals surface area contributed by atoms with Crippen molar-refractivity contribution in [3.8, 4) is 5.75 Å². The molecular formula is C23H35IN4O3S. The van der Waals surface area contributed by atoms with Crippen LogP contribution in [-0.2, 0) is 22.3 Å². The maximum Gasteiger partial charge on any atom is 0.216 e. The van der Waals surface area contributed by atoms with E-state index in [1.807, 2.05) is 76.2 Å². The maximum absolute atomic E-state index is 12.1. The first-order valence-corrected chi connectivity index (χ1v) is 12.1. The first kappa shape index (κ1) is 28.2. The molecule has 32 heavy (non-hydrogen) atoms. The predicted octanol–water partition coefficient (Wildman–Crippen LogP) is 3.57. The van der Waals surface area contributed by atoms with Gasteiger partial charge in [0.25, 0.3) is 0 Å². The fraction of sp³-hybridized carbons (Fsp3) is 0.435. The van der Waals surface area contributed by atoms with Gasteiger partial charge in [-0.2, -0.15) is 0 Å². The van der Waals surface area contributed by atoms with E-state index in [2.05, 4.69) is 20.3 Å². The normalized spacial score (nSPS) is 12.8. The average Bonchev–Trinajstić information content (AvgIpc) is 2.69. The monoisotopic (exact) mass is 574 g/mol. The van der Waals surface area contributed by atoms with Crippen molar-refractivity contribution in [2.24, 2.45) is 4.99 Å². The highest BCUT2D eigenvalue weighted by Gasteiger charge is 2.13. The predicted molar refractivity (Wildman–Crippen MR) is 142 cm³/mol. The molecule has 0 amide bonds. The van der Waals surface area contributed by atoms with Crippen LogP contribution >= 0.6 is 24.0 Å². The van der Waals surface area contributed by atoms with Gasteiger partial charge in [-0.15, -0.1) is 24.0 Å². The molecule has 0 radical (unpaired) electrons. The fourth-order valence-electron chi connectivity index (χ4n) is 2.97. The van der Waals surface area contributed by atoms with Gasteiger partial charge in [-0.05, 0) is 50.5 Å². The molecule has 0 bridgehead atoms. The second-order valence-electron chi connectivity index (χ2n) is 7.85. The van der Waals surface area contributed by atoms with Crippen molar-refractivity contribution in [2.45, 2.75) is 52.1 Å². The van der Waals surface area contributed by atoms with E-state index in [1.165, 1.54) is 0 Å². The van der Waals surface area contributed by atoms with Crippen molar-refractivity contribution >= 4 is 40.0 Å². The van der Waals surface area contributed by atoms with E-state index in [0.29, 0.717) is 19.0 Å². The molecular weight excluding hydrogens is 539 g/mol. The van der Waals surface area contributed by atoms with Crippen LogP contribution in [0, 0.1) is 6.92 Å². The molecule has 0 saturated heterocycles. The molecule has 2 aromatic carbocycles. The molecule has 0 aliphatic heterocycles. The molecule has 0 fully saturated rings. The van der Waals surface area contributed by atoms with Crippen molar-refractivity contribution in [1.82, 2.24) is 15.4 Å². The van der Waals surface area contributed by atoms with Crippen molar-refractivity contribution in [3.05, 3.63) is 65.2 Å². The molecule has 0 aliphatic carbocycles. The number of aliphatic imine (C=N–C) groups is 1. The number of hydrogen-bond acceptors (Lipinski definition) is 4. The topological polar surface area (TPSA) is 91.8 Å². The zero-order valence-electron chi connectivity index (χ0n) is 19.4. The van der Waals surface area contributed by atoms with Crippen molar-refractivity contribution in [3.63, 3.8) is 0 Å². The minimum absolute atomic E-state index is 0. The first-order chi connectivity index (χ1) is 14.7. The Morgan fingerprint density at radius 2 is 1.62 bits per heavy atom. The third-order valence-corrected chi connectivity index (χ3v) is 6.00. The van der Waals surface area contributed by atoms with Gasteiger partial charge < -0.3 is 15.4 Å². The maximum atomic E-state index is 12.1. The van der Waals surface area contributed by atoms with Gasteiger partial charge in [-0.25, -0.2) is 13.1 Å². The van der Waals surface area contributed by atoms with Gasteiger partial charge in [-0.3, -0.25) is 4.99 Å². The summed E-state index contributed by atoms with van der Waals surface area (Å²) < 4.78 is 32.7. The number of nitrogens with zero attached hydrogens (tertiary/aromatic N) is 1. The Kier molecular flexibility index (Phi) is 12.0. The third kappa shape index (κ3) is 10.2. The zero-order valence-corrected chi connectivity index (χ0v) is 22.5. The summed E-state index contributed by atoms with van der Waals surface area (Å²) in [7, 11) is -1.60. The van der Waals surface area contributed by atoms with Gasteiger partial charge in [0.2, 0.25) is 10.0 Å². The highest BCUT2D eigenvalue weighted by Crippen LogP contribution is 2.17. The lowest BCUT2D eigenvalue weighted by Gasteiger charge is -2.19. The standard InChI is InChI=1S/C23H34N4O3S.HI/c1-17(2)27-31(28,29)16-21-12-10-20(11-13-21)15-26-23(24-5)25-14-19(4)30-22-9-7-6-8-18(22)3;/h6-13,17,19,27H,14-16H2,1-5H3,(H2,24,25,26);1H. The summed E-state index contributed by atoms with van der Waals surface area (Å²) >= 11 is 0. The molecule has 1 unspecified atom stereocenters. The summed E-state index contributed by atoms with van der Waals surface area (Å²) in [6, 6.07) is 15.3. The van der Waals surface area contributed by atoms with Gasteiger partial charge in [0, 0.05) is 19.6 Å². The Morgan fingerprint density at radius 1 is 1.00 bits per heavy atom. The number of para-hydroxylation sites is 1. The Hall–Kier alpha value is -1.85. The van der Waals surface area contributed by atoms with Crippen LogP contribution in [0.4, 0.5) is 0 Å². The van der Waals surface area contributed by atoms with Crippen LogP contribution in [0.3, 0.4) is 0 Å². The molecule has 0 aromatic heterocycles. The number of rotatable bonds is 10. The largest absolute Gasteiger partial charge is 0.489 e. The molecule has 3 N–H and O–H groups in total. The molecule has 178 valence electrons. The molecule has 0 aliphatic rings. The van der Waals surface area contributed by atoms with Gasteiger partial charge in [0.15, 0.2) is 5.96 Å². The summed E-state index contributed by atoms with van der Waals surface area (Å²) in [4.78, 5) is 4.24. The van der Waals surface area contributed by atoms with Crippen LogP contribution in [0.25, 0.3) is 0 Å². The molecule has 2 rings (SSSR count). The number of aryl methyl sites for hydroxylation is 1. The lowest BCUT2D eigenvalue weighted by Crippen LogP contribution is -2.41. The quantitative estimate of drug-likeness (QED) is 0.229. The number of guanidine groups is 1. The minimum Gasteiger partial charge on any atom is -0.489 e. The summed E-state index contributed by atoms with van der Waals surface area (Å²) in [6.45, 7) is 8.83. The third-order valence-electron chi connectivity index (χ3n) is 4.46. The van der Waals surface area contributed by atoms with Crippen molar-refractivity contribution < 1.29 is 13.2 Å². The van der Waals surface area contributed by atoms with Gasteiger partial charge in [-0.1, -0.05) is 42.5 Å². The highest BCUT2D eigenvalue weighted by molar-refractivity contribution is 14.0. The van der Waals surface area contributed by atoms with E-state index < -0.39 is 10.0 Å². The Morgan fingerprint density at radius 3 is 2.22 bits per heavy atom.